The van der Waals surface area contributed by atoms with Crippen molar-refractivity contribution in [1.82, 2.24) is 10.2 Å². The van der Waals surface area contributed by atoms with Crippen molar-refractivity contribution in [2.75, 3.05) is 0 Å². The van der Waals surface area contributed by atoms with Crippen LogP contribution < -0.4 is 0 Å². The van der Waals surface area contributed by atoms with Gasteiger partial charge in [0.2, 0.25) is 0 Å². The third-order valence-electron chi connectivity index (χ3n) is 1.64. The predicted molar refractivity (Wildman–Crippen MR) is 41.2 cm³/mol. The molecule has 1 aromatic rings. The van der Waals surface area contributed by atoms with E-state index in [-0.39, 0.29) is 0 Å². The molecule has 0 radical (unpaired) electrons. The van der Waals surface area contributed by atoms with E-state index in [1.807, 2.05) is 0 Å². The lowest BCUT2D eigenvalue weighted by atomic mass is 10.5. The Labute approximate surface area is 68.7 Å². The summed E-state index contributed by atoms with van der Waals surface area (Å²) < 4.78 is 0. The summed E-state index contributed by atoms with van der Waals surface area (Å²) in [7, 11) is 0. The second kappa shape index (κ2) is 2.59. The second-order valence-electron chi connectivity index (χ2n) is 2.64. The van der Waals surface area contributed by atoms with Gasteiger partial charge < -0.3 is 0 Å². The Bertz CT molecular complexity index is 295. The van der Waals surface area contributed by atoms with Gasteiger partial charge in [-0.2, -0.15) is 5.26 Å². The molecule has 0 bridgehead atoms. The Hall–Kier alpha value is -0.950. The van der Waals surface area contributed by atoms with Gasteiger partial charge in [0.15, 0.2) is 0 Å². The zero-order valence-corrected chi connectivity index (χ0v) is 6.77. The maximum Gasteiger partial charge on any atom is 0.131 e. The van der Waals surface area contributed by atoms with E-state index in [4.69, 9.17) is 5.26 Å². The first-order valence-corrected chi connectivity index (χ1v) is 4.41. The van der Waals surface area contributed by atoms with Crippen molar-refractivity contribution in [3.63, 3.8) is 0 Å². The molecule has 1 saturated carbocycles. The van der Waals surface area contributed by atoms with Crippen molar-refractivity contribution in [1.29, 1.82) is 5.26 Å². The smallest absolute Gasteiger partial charge is 0.131 e. The highest BCUT2D eigenvalue weighted by atomic mass is 32.1. The van der Waals surface area contributed by atoms with Gasteiger partial charge in [0.05, 0.1) is 12.5 Å². The maximum absolute atomic E-state index is 8.37. The Morgan fingerprint density at radius 1 is 1.55 bits per heavy atom. The molecule has 0 amide bonds. The van der Waals surface area contributed by atoms with Crippen LogP contribution in [0.15, 0.2) is 0 Å². The number of rotatable bonds is 2. The number of hydrogen-bond donors (Lipinski definition) is 0. The van der Waals surface area contributed by atoms with Gasteiger partial charge in [-0.25, -0.2) is 0 Å². The molecule has 0 unspecified atom stereocenters. The monoisotopic (exact) mass is 165 g/mol. The Balaban J connectivity index is 2.13. The lowest BCUT2D eigenvalue weighted by Gasteiger charge is -1.80. The van der Waals surface area contributed by atoms with Crippen molar-refractivity contribution in [2.24, 2.45) is 0 Å². The van der Waals surface area contributed by atoms with E-state index in [0.717, 1.165) is 10.0 Å². The first kappa shape index (κ1) is 6.74. The molecular weight excluding hydrogens is 158 g/mol. The fraction of sp³-hybridized carbons (Fsp3) is 0.571. The summed E-state index contributed by atoms with van der Waals surface area (Å²) in [6.07, 6.45) is 2.91. The minimum absolute atomic E-state index is 0.407. The summed E-state index contributed by atoms with van der Waals surface area (Å²) in [6, 6.07) is 2.06. The zero-order chi connectivity index (χ0) is 7.68. The van der Waals surface area contributed by atoms with Crippen molar-refractivity contribution in [3.05, 3.63) is 10.0 Å². The van der Waals surface area contributed by atoms with E-state index in [0.29, 0.717) is 12.3 Å². The highest BCUT2D eigenvalue weighted by Crippen LogP contribution is 2.41. The van der Waals surface area contributed by atoms with Crippen LogP contribution in [0.1, 0.15) is 28.8 Å². The van der Waals surface area contributed by atoms with Crippen molar-refractivity contribution in [3.8, 4) is 6.07 Å². The third kappa shape index (κ3) is 1.38. The largest absolute Gasteiger partial charge is 0.198 e. The first-order chi connectivity index (χ1) is 5.40. The van der Waals surface area contributed by atoms with Crippen LogP contribution in [0, 0.1) is 11.3 Å². The van der Waals surface area contributed by atoms with Gasteiger partial charge >= 0.3 is 0 Å². The van der Waals surface area contributed by atoms with E-state index in [9.17, 15) is 0 Å². The molecule has 0 saturated heterocycles. The molecule has 0 N–H and O–H groups in total. The summed E-state index contributed by atoms with van der Waals surface area (Å²) in [5.74, 6) is 0.667. The quantitative estimate of drug-likeness (QED) is 0.667. The Morgan fingerprint density at radius 2 is 2.36 bits per heavy atom. The van der Waals surface area contributed by atoms with Crippen LogP contribution in [-0.2, 0) is 6.42 Å². The standard InChI is InChI=1S/C7H7N3S/c8-4-3-6-9-10-7(11-6)5-1-2-5/h5H,1-3H2. The van der Waals surface area contributed by atoms with Crippen LogP contribution >= 0.6 is 11.3 Å². The van der Waals surface area contributed by atoms with Crippen molar-refractivity contribution < 1.29 is 0 Å². The summed E-state index contributed by atoms with van der Waals surface area (Å²) in [5.41, 5.74) is 0. The van der Waals surface area contributed by atoms with Crippen LogP contribution in [0.3, 0.4) is 0 Å². The normalized spacial score (nSPS) is 16.3. The molecule has 1 fully saturated rings. The van der Waals surface area contributed by atoms with Gasteiger partial charge in [0, 0.05) is 5.92 Å². The number of nitrogens with zero attached hydrogens (tertiary/aromatic N) is 3. The highest BCUT2D eigenvalue weighted by molar-refractivity contribution is 7.11. The van der Waals surface area contributed by atoms with Gasteiger partial charge in [-0.3, -0.25) is 0 Å². The average Bonchev–Trinajstić information content (AvgIpc) is 2.75. The molecule has 1 aromatic heterocycles. The molecule has 1 aliphatic rings. The number of hydrogen-bond acceptors (Lipinski definition) is 4. The zero-order valence-electron chi connectivity index (χ0n) is 5.95. The van der Waals surface area contributed by atoms with Crippen molar-refractivity contribution in [2.45, 2.75) is 25.2 Å². The van der Waals surface area contributed by atoms with Gasteiger partial charge in [-0.1, -0.05) is 0 Å². The van der Waals surface area contributed by atoms with Crippen LogP contribution in [0.25, 0.3) is 0 Å². The molecule has 11 heavy (non-hydrogen) atoms. The molecule has 1 heterocycles. The third-order valence-corrected chi connectivity index (χ3v) is 2.73. The molecule has 0 spiro atoms. The minimum Gasteiger partial charge on any atom is -0.198 e. The van der Waals surface area contributed by atoms with Crippen LogP contribution in [-0.4, -0.2) is 10.2 Å². The van der Waals surface area contributed by atoms with Gasteiger partial charge in [-0.05, 0) is 12.8 Å². The lowest BCUT2D eigenvalue weighted by molar-refractivity contribution is 0.947. The SMILES string of the molecule is N#CCc1nnc(C2CC2)s1. The number of nitriles is 1. The van der Waals surface area contributed by atoms with E-state index in [1.165, 1.54) is 12.8 Å². The van der Waals surface area contributed by atoms with E-state index < -0.39 is 0 Å². The summed E-state index contributed by atoms with van der Waals surface area (Å²) in [6.45, 7) is 0. The van der Waals surface area contributed by atoms with E-state index >= 15 is 0 Å². The lowest BCUT2D eigenvalue weighted by Crippen LogP contribution is -1.78. The molecule has 0 aromatic carbocycles. The fourth-order valence-corrected chi connectivity index (χ4v) is 1.84. The van der Waals surface area contributed by atoms with Gasteiger partial charge in [0.25, 0.3) is 0 Å². The van der Waals surface area contributed by atoms with E-state index in [1.54, 1.807) is 11.3 Å². The van der Waals surface area contributed by atoms with Crippen LogP contribution in [0.2, 0.25) is 0 Å². The molecule has 56 valence electrons. The second-order valence-corrected chi connectivity index (χ2v) is 3.74. The Kier molecular flexibility index (Phi) is 1.59. The summed E-state index contributed by atoms with van der Waals surface area (Å²) in [5, 5.41) is 18.3. The molecule has 2 rings (SSSR count). The summed E-state index contributed by atoms with van der Waals surface area (Å²) in [4.78, 5) is 0. The molecule has 3 nitrogen and oxygen atoms in total. The van der Waals surface area contributed by atoms with Crippen LogP contribution in [0.4, 0.5) is 0 Å². The van der Waals surface area contributed by atoms with Gasteiger partial charge in [0.1, 0.15) is 10.0 Å². The number of aromatic nitrogens is 2. The molecule has 4 heteroatoms. The Morgan fingerprint density at radius 3 is 3.00 bits per heavy atom. The van der Waals surface area contributed by atoms with Crippen LogP contribution in [0.5, 0.6) is 0 Å². The molecular formula is C7H7N3S. The first-order valence-electron chi connectivity index (χ1n) is 3.59. The predicted octanol–water partition coefficient (Wildman–Crippen LogP) is 1.48. The topological polar surface area (TPSA) is 49.6 Å². The minimum atomic E-state index is 0.407. The fourth-order valence-electron chi connectivity index (χ4n) is 0.901. The van der Waals surface area contributed by atoms with Gasteiger partial charge in [-0.15, -0.1) is 21.5 Å². The average molecular weight is 165 g/mol. The maximum atomic E-state index is 8.37. The highest BCUT2D eigenvalue weighted by Gasteiger charge is 2.27. The van der Waals surface area contributed by atoms with E-state index in [2.05, 4.69) is 16.3 Å². The summed E-state index contributed by atoms with van der Waals surface area (Å²) >= 11 is 1.58. The molecule has 0 atom stereocenters. The van der Waals surface area contributed by atoms with Crippen molar-refractivity contribution >= 4 is 11.3 Å². The molecule has 0 aliphatic heterocycles. The molecule has 1 aliphatic carbocycles.